The summed E-state index contributed by atoms with van der Waals surface area (Å²) < 4.78 is 7.25. The molecule has 0 aromatic carbocycles. The summed E-state index contributed by atoms with van der Waals surface area (Å²) in [5.74, 6) is 1.41. The normalized spacial score (nSPS) is 19.7. The number of aliphatic carboxylic acids is 1. The SMILES string of the molecule is CC(C)COc1c(C(=O)N[C@H]2CC2CC(C)CC(C)C)cnn1/C=C/CC(=O)O. The van der Waals surface area contributed by atoms with Gasteiger partial charge in [0.1, 0.15) is 5.56 Å². The van der Waals surface area contributed by atoms with E-state index in [9.17, 15) is 9.59 Å². The quantitative estimate of drug-likeness (QED) is 0.547. The van der Waals surface area contributed by atoms with Crippen molar-refractivity contribution in [3.05, 3.63) is 17.8 Å². The maximum atomic E-state index is 12.8. The smallest absolute Gasteiger partial charge is 0.307 e. The zero-order valence-electron chi connectivity index (χ0n) is 18.2. The van der Waals surface area contributed by atoms with E-state index < -0.39 is 5.97 Å². The first-order valence-electron chi connectivity index (χ1n) is 10.6. The largest absolute Gasteiger partial charge is 0.481 e. The Morgan fingerprint density at radius 2 is 2.03 bits per heavy atom. The number of nitrogens with zero attached hydrogens (tertiary/aromatic N) is 2. The lowest BCUT2D eigenvalue weighted by atomic mass is 9.94. The van der Waals surface area contributed by atoms with Crippen molar-refractivity contribution in [3.63, 3.8) is 0 Å². The Bertz CT molecular complexity index is 724. The molecule has 1 fully saturated rings. The molecule has 2 rings (SSSR count). The minimum Gasteiger partial charge on any atom is -0.481 e. The molecule has 162 valence electrons. The van der Waals surface area contributed by atoms with Gasteiger partial charge in [-0.25, -0.2) is 4.68 Å². The predicted molar refractivity (Wildman–Crippen MR) is 113 cm³/mol. The van der Waals surface area contributed by atoms with Gasteiger partial charge < -0.3 is 15.2 Å². The molecule has 7 nitrogen and oxygen atoms in total. The number of hydrogen-bond acceptors (Lipinski definition) is 4. The predicted octanol–water partition coefficient (Wildman–Crippen LogP) is 4.05. The number of carbonyl (C=O) groups is 2. The third kappa shape index (κ3) is 7.55. The van der Waals surface area contributed by atoms with E-state index in [0.717, 1.165) is 12.8 Å². The topological polar surface area (TPSA) is 93.5 Å². The highest BCUT2D eigenvalue weighted by Gasteiger charge is 2.39. The van der Waals surface area contributed by atoms with E-state index in [2.05, 4.69) is 31.2 Å². The lowest BCUT2D eigenvalue weighted by Gasteiger charge is -2.14. The van der Waals surface area contributed by atoms with Crippen molar-refractivity contribution in [2.75, 3.05) is 6.61 Å². The number of amides is 1. The van der Waals surface area contributed by atoms with Gasteiger partial charge in [0.15, 0.2) is 0 Å². The highest BCUT2D eigenvalue weighted by atomic mass is 16.5. The molecule has 0 radical (unpaired) electrons. The lowest BCUT2D eigenvalue weighted by molar-refractivity contribution is -0.135. The Labute approximate surface area is 173 Å². The fraction of sp³-hybridized carbons (Fsp3) is 0.682. The van der Waals surface area contributed by atoms with E-state index in [0.29, 0.717) is 35.8 Å². The number of rotatable bonds is 12. The molecule has 7 heteroatoms. The van der Waals surface area contributed by atoms with Crippen LogP contribution in [0.1, 0.15) is 70.7 Å². The Balaban J connectivity index is 2.00. The third-order valence-corrected chi connectivity index (χ3v) is 4.90. The minimum absolute atomic E-state index is 0.122. The number of ether oxygens (including phenoxy) is 1. The molecule has 3 atom stereocenters. The summed E-state index contributed by atoms with van der Waals surface area (Å²) in [6.45, 7) is 11.2. The van der Waals surface area contributed by atoms with Crippen LogP contribution >= 0.6 is 0 Å². The second-order valence-electron chi connectivity index (χ2n) is 9.04. The highest BCUT2D eigenvalue weighted by molar-refractivity contribution is 5.96. The molecule has 1 aliphatic carbocycles. The summed E-state index contributed by atoms with van der Waals surface area (Å²) in [5, 5.41) is 16.1. The van der Waals surface area contributed by atoms with Crippen molar-refractivity contribution in [2.24, 2.45) is 23.7 Å². The van der Waals surface area contributed by atoms with Crippen molar-refractivity contribution in [3.8, 4) is 5.88 Å². The van der Waals surface area contributed by atoms with Crippen molar-refractivity contribution in [1.29, 1.82) is 0 Å². The highest BCUT2D eigenvalue weighted by Crippen LogP contribution is 2.38. The Morgan fingerprint density at radius 1 is 1.31 bits per heavy atom. The maximum Gasteiger partial charge on any atom is 0.307 e. The van der Waals surface area contributed by atoms with Crippen molar-refractivity contribution < 1.29 is 19.4 Å². The van der Waals surface area contributed by atoms with Gasteiger partial charge in [-0.15, -0.1) is 0 Å². The van der Waals surface area contributed by atoms with Gasteiger partial charge in [-0.1, -0.05) is 40.7 Å². The first-order chi connectivity index (χ1) is 13.7. The van der Waals surface area contributed by atoms with Crippen LogP contribution in [0.3, 0.4) is 0 Å². The zero-order chi connectivity index (χ0) is 21.6. The molecule has 2 N–H and O–H groups in total. The summed E-state index contributed by atoms with van der Waals surface area (Å²) in [6, 6.07) is 0.209. The molecule has 0 aliphatic heterocycles. The van der Waals surface area contributed by atoms with E-state index >= 15 is 0 Å². The standard InChI is InChI=1S/C22H35N3O4/c1-14(2)9-16(5)10-17-11-19(17)24-21(28)18-12-23-25(8-6-7-20(26)27)22(18)29-13-15(3)4/h6,8,12,14-17,19H,7,9-11,13H2,1-5H3,(H,24,28)(H,26,27)/b8-6+/t16?,17?,19-/m0/s1. The molecule has 0 bridgehead atoms. The van der Waals surface area contributed by atoms with Gasteiger partial charge in [0.25, 0.3) is 5.91 Å². The first kappa shape index (κ1) is 23.0. The van der Waals surface area contributed by atoms with E-state index in [-0.39, 0.29) is 24.3 Å². The number of nitrogens with one attached hydrogen (secondary N) is 1. The summed E-state index contributed by atoms with van der Waals surface area (Å²) in [5.41, 5.74) is 0.381. The van der Waals surface area contributed by atoms with Crippen LogP contribution in [0.4, 0.5) is 0 Å². The molecule has 2 unspecified atom stereocenters. The van der Waals surface area contributed by atoms with Crippen molar-refractivity contribution >= 4 is 18.1 Å². The molecule has 1 aromatic rings. The van der Waals surface area contributed by atoms with Crippen LogP contribution < -0.4 is 10.1 Å². The summed E-state index contributed by atoms with van der Waals surface area (Å²) in [7, 11) is 0. The molecular formula is C22H35N3O4. The van der Waals surface area contributed by atoms with Gasteiger partial charge >= 0.3 is 5.97 Å². The number of carboxylic acids is 1. The molecule has 1 heterocycles. The van der Waals surface area contributed by atoms with E-state index in [1.165, 1.54) is 29.6 Å². The average Bonchev–Trinajstić information content (AvgIpc) is 3.17. The van der Waals surface area contributed by atoms with Gasteiger partial charge in [-0.2, -0.15) is 5.10 Å². The van der Waals surface area contributed by atoms with Crippen LogP contribution in [-0.4, -0.2) is 39.4 Å². The van der Waals surface area contributed by atoms with Crippen LogP contribution in [0.25, 0.3) is 6.20 Å². The molecule has 1 aromatic heterocycles. The summed E-state index contributed by atoms with van der Waals surface area (Å²) in [6.07, 6.45) is 7.72. The second kappa shape index (κ2) is 10.5. The fourth-order valence-corrected chi connectivity index (χ4v) is 3.60. The van der Waals surface area contributed by atoms with Crippen molar-refractivity contribution in [1.82, 2.24) is 15.1 Å². The van der Waals surface area contributed by atoms with Gasteiger partial charge in [0, 0.05) is 12.2 Å². The Kier molecular flexibility index (Phi) is 8.29. The first-order valence-corrected chi connectivity index (χ1v) is 10.6. The van der Waals surface area contributed by atoms with Crippen molar-refractivity contribution in [2.45, 2.75) is 66.3 Å². The minimum atomic E-state index is -0.928. The Hall–Kier alpha value is -2.31. The van der Waals surface area contributed by atoms with Crippen LogP contribution in [-0.2, 0) is 4.79 Å². The summed E-state index contributed by atoms with van der Waals surface area (Å²) >= 11 is 0. The second-order valence-corrected chi connectivity index (χ2v) is 9.04. The number of aromatic nitrogens is 2. The average molecular weight is 406 g/mol. The van der Waals surface area contributed by atoms with Gasteiger partial charge in [0.2, 0.25) is 5.88 Å². The number of carboxylic acid groups (broad SMARTS) is 1. The zero-order valence-corrected chi connectivity index (χ0v) is 18.2. The third-order valence-electron chi connectivity index (χ3n) is 4.90. The molecular weight excluding hydrogens is 370 g/mol. The molecule has 0 spiro atoms. The molecule has 1 saturated carbocycles. The summed E-state index contributed by atoms with van der Waals surface area (Å²) in [4.78, 5) is 23.5. The van der Waals surface area contributed by atoms with Crippen LogP contribution in [0.5, 0.6) is 5.88 Å². The number of carbonyl (C=O) groups excluding carboxylic acids is 1. The van der Waals surface area contributed by atoms with Gasteiger partial charge in [-0.3, -0.25) is 9.59 Å². The number of hydrogen-bond donors (Lipinski definition) is 2. The Morgan fingerprint density at radius 3 is 2.66 bits per heavy atom. The molecule has 1 amide bonds. The monoisotopic (exact) mass is 405 g/mol. The van der Waals surface area contributed by atoms with E-state index in [1.54, 1.807) is 0 Å². The van der Waals surface area contributed by atoms with Gasteiger partial charge in [0.05, 0.1) is 19.2 Å². The lowest BCUT2D eigenvalue weighted by Crippen LogP contribution is -2.27. The van der Waals surface area contributed by atoms with E-state index in [4.69, 9.17) is 9.84 Å². The van der Waals surface area contributed by atoms with E-state index in [1.807, 2.05) is 13.8 Å². The maximum absolute atomic E-state index is 12.8. The van der Waals surface area contributed by atoms with Crippen LogP contribution in [0.15, 0.2) is 12.3 Å². The molecule has 0 saturated heterocycles. The molecule has 1 aliphatic rings. The van der Waals surface area contributed by atoms with Crippen LogP contribution in [0, 0.1) is 23.7 Å². The van der Waals surface area contributed by atoms with Gasteiger partial charge in [-0.05, 0) is 42.9 Å². The fourth-order valence-electron chi connectivity index (χ4n) is 3.60. The molecule has 29 heavy (non-hydrogen) atoms. The van der Waals surface area contributed by atoms with Crippen LogP contribution in [0.2, 0.25) is 0 Å².